The number of carbonyl (C=O) groups excluding carboxylic acids is 1. The molecule has 1 aromatic heterocycles. The standard InChI is InChI=1S/C25H26N6O2S/c1-3-33-22-11-9-21(10-12-22)31-24(20-8-4-7-19(2)17-20)28-29-25(31)34-18-23(32)30(15-5-13-26)16-6-14-27/h4,7-12,17H,3,5-6,15-16,18H2,1-2H3. The van der Waals surface area contributed by atoms with Gasteiger partial charge >= 0.3 is 0 Å². The van der Waals surface area contributed by atoms with Gasteiger partial charge < -0.3 is 9.64 Å². The van der Waals surface area contributed by atoms with Crippen LogP contribution in [0, 0.1) is 29.6 Å². The lowest BCUT2D eigenvalue weighted by Crippen LogP contribution is -2.34. The minimum absolute atomic E-state index is 0.125. The van der Waals surface area contributed by atoms with Crippen LogP contribution in [0.4, 0.5) is 0 Å². The van der Waals surface area contributed by atoms with Gasteiger partial charge in [-0.2, -0.15) is 10.5 Å². The van der Waals surface area contributed by atoms with E-state index in [1.165, 1.54) is 11.8 Å². The molecule has 1 heterocycles. The van der Waals surface area contributed by atoms with E-state index in [9.17, 15) is 4.79 Å². The summed E-state index contributed by atoms with van der Waals surface area (Å²) >= 11 is 1.28. The Kier molecular flexibility index (Phi) is 9.07. The number of ether oxygens (including phenoxy) is 1. The molecule has 174 valence electrons. The molecule has 9 heteroatoms. The van der Waals surface area contributed by atoms with Gasteiger partial charge in [0, 0.05) is 24.3 Å². The maximum Gasteiger partial charge on any atom is 0.233 e. The average molecular weight is 475 g/mol. The molecule has 0 saturated heterocycles. The zero-order chi connectivity index (χ0) is 24.3. The molecule has 0 unspecified atom stereocenters. The molecule has 0 atom stereocenters. The Hall–Kier alpha value is -3.82. The van der Waals surface area contributed by atoms with E-state index >= 15 is 0 Å². The number of hydrogen-bond acceptors (Lipinski definition) is 7. The summed E-state index contributed by atoms with van der Waals surface area (Å²) in [6.45, 7) is 5.14. The Morgan fingerprint density at radius 3 is 2.41 bits per heavy atom. The molecule has 0 aliphatic heterocycles. The second-order valence-electron chi connectivity index (χ2n) is 7.42. The molecular weight excluding hydrogens is 448 g/mol. The SMILES string of the molecule is CCOc1ccc(-n2c(SCC(=O)N(CCC#N)CCC#N)nnc2-c2cccc(C)c2)cc1. The van der Waals surface area contributed by atoms with Crippen LogP contribution in [0.15, 0.2) is 53.7 Å². The van der Waals surface area contributed by atoms with Gasteiger partial charge in [-0.25, -0.2) is 0 Å². The molecule has 3 aromatic rings. The number of carbonyl (C=O) groups is 1. The summed E-state index contributed by atoms with van der Waals surface area (Å²) in [6, 6.07) is 19.8. The summed E-state index contributed by atoms with van der Waals surface area (Å²) in [5.41, 5.74) is 2.88. The van der Waals surface area contributed by atoms with Crippen molar-refractivity contribution in [2.24, 2.45) is 0 Å². The summed E-state index contributed by atoms with van der Waals surface area (Å²) in [7, 11) is 0. The van der Waals surface area contributed by atoms with Crippen molar-refractivity contribution in [1.29, 1.82) is 10.5 Å². The Bertz CT molecular complexity index is 1180. The van der Waals surface area contributed by atoms with Crippen molar-refractivity contribution in [3.8, 4) is 35.0 Å². The van der Waals surface area contributed by atoms with Crippen molar-refractivity contribution in [1.82, 2.24) is 19.7 Å². The van der Waals surface area contributed by atoms with Crippen LogP contribution >= 0.6 is 11.8 Å². The van der Waals surface area contributed by atoms with E-state index < -0.39 is 0 Å². The minimum atomic E-state index is -0.145. The first-order valence-electron chi connectivity index (χ1n) is 11.0. The number of nitrogens with zero attached hydrogens (tertiary/aromatic N) is 6. The molecule has 0 bridgehead atoms. The van der Waals surface area contributed by atoms with Gasteiger partial charge in [0.1, 0.15) is 5.75 Å². The van der Waals surface area contributed by atoms with E-state index in [0.29, 0.717) is 30.7 Å². The third-order valence-electron chi connectivity index (χ3n) is 4.98. The molecule has 0 spiro atoms. The smallest absolute Gasteiger partial charge is 0.233 e. The lowest BCUT2D eigenvalue weighted by molar-refractivity contribution is -0.128. The van der Waals surface area contributed by atoms with Crippen LogP contribution in [0.3, 0.4) is 0 Å². The van der Waals surface area contributed by atoms with Crippen molar-refractivity contribution in [2.45, 2.75) is 31.8 Å². The number of thioether (sulfide) groups is 1. The highest BCUT2D eigenvalue weighted by Gasteiger charge is 2.20. The molecule has 0 radical (unpaired) electrons. The fourth-order valence-corrected chi connectivity index (χ4v) is 4.23. The molecule has 0 aliphatic rings. The quantitative estimate of drug-likeness (QED) is 0.379. The number of hydrogen-bond donors (Lipinski definition) is 0. The number of rotatable bonds is 11. The van der Waals surface area contributed by atoms with Gasteiger partial charge in [0.05, 0.1) is 37.3 Å². The molecule has 0 aliphatic carbocycles. The first-order chi connectivity index (χ1) is 16.6. The Labute approximate surface area is 203 Å². The van der Waals surface area contributed by atoms with Crippen LogP contribution in [0.5, 0.6) is 5.75 Å². The molecule has 0 fully saturated rings. The summed E-state index contributed by atoms with van der Waals surface area (Å²) in [6.07, 6.45) is 0.448. The highest BCUT2D eigenvalue weighted by atomic mass is 32.2. The van der Waals surface area contributed by atoms with Gasteiger partial charge in [0.2, 0.25) is 5.91 Å². The molecular formula is C25H26N6O2S. The minimum Gasteiger partial charge on any atom is -0.494 e. The van der Waals surface area contributed by atoms with Crippen molar-refractivity contribution in [3.05, 3.63) is 54.1 Å². The van der Waals surface area contributed by atoms with Crippen LogP contribution in [-0.4, -0.2) is 51.0 Å². The molecule has 1 amide bonds. The summed E-state index contributed by atoms with van der Waals surface area (Å²) in [5, 5.41) is 27.2. The maximum absolute atomic E-state index is 12.8. The number of aryl methyl sites for hydroxylation is 1. The van der Waals surface area contributed by atoms with Gasteiger partial charge in [-0.05, 0) is 44.2 Å². The van der Waals surface area contributed by atoms with Crippen molar-refractivity contribution < 1.29 is 9.53 Å². The Morgan fingerprint density at radius 1 is 1.09 bits per heavy atom. The van der Waals surface area contributed by atoms with Crippen LogP contribution in [0.2, 0.25) is 0 Å². The summed E-state index contributed by atoms with van der Waals surface area (Å²) in [5.74, 6) is 1.42. The Morgan fingerprint density at radius 2 is 1.79 bits per heavy atom. The van der Waals surface area contributed by atoms with E-state index in [2.05, 4.69) is 22.3 Å². The van der Waals surface area contributed by atoms with Crippen LogP contribution in [-0.2, 0) is 4.79 Å². The Balaban J connectivity index is 1.90. The van der Waals surface area contributed by atoms with Crippen molar-refractivity contribution in [2.75, 3.05) is 25.4 Å². The zero-order valence-corrected chi connectivity index (χ0v) is 20.1. The summed E-state index contributed by atoms with van der Waals surface area (Å²) in [4.78, 5) is 14.4. The van der Waals surface area contributed by atoms with Gasteiger partial charge in [-0.15, -0.1) is 10.2 Å². The van der Waals surface area contributed by atoms with E-state index in [4.69, 9.17) is 15.3 Å². The second kappa shape index (κ2) is 12.4. The molecule has 0 saturated carbocycles. The molecule has 8 nitrogen and oxygen atoms in total. The summed E-state index contributed by atoms with van der Waals surface area (Å²) < 4.78 is 7.49. The lowest BCUT2D eigenvalue weighted by Gasteiger charge is -2.20. The van der Waals surface area contributed by atoms with Crippen molar-refractivity contribution in [3.63, 3.8) is 0 Å². The van der Waals surface area contributed by atoms with E-state index in [1.54, 1.807) is 4.90 Å². The van der Waals surface area contributed by atoms with Gasteiger partial charge in [0.15, 0.2) is 11.0 Å². The van der Waals surface area contributed by atoms with Crippen molar-refractivity contribution >= 4 is 17.7 Å². The van der Waals surface area contributed by atoms with E-state index in [0.717, 1.165) is 22.6 Å². The average Bonchev–Trinajstić information content (AvgIpc) is 3.27. The number of nitriles is 2. The normalized spacial score (nSPS) is 10.4. The third kappa shape index (κ3) is 6.37. The fraction of sp³-hybridized carbons (Fsp3) is 0.320. The zero-order valence-electron chi connectivity index (χ0n) is 19.3. The molecule has 34 heavy (non-hydrogen) atoms. The molecule has 0 N–H and O–H groups in total. The molecule has 3 rings (SSSR count). The van der Waals surface area contributed by atoms with Crippen LogP contribution in [0.25, 0.3) is 17.1 Å². The maximum atomic E-state index is 12.8. The van der Waals surface area contributed by atoms with E-state index in [1.807, 2.05) is 66.9 Å². The number of benzene rings is 2. The van der Waals surface area contributed by atoms with Gasteiger partial charge in [0.25, 0.3) is 0 Å². The highest BCUT2D eigenvalue weighted by molar-refractivity contribution is 7.99. The number of aromatic nitrogens is 3. The van der Waals surface area contributed by atoms with Crippen LogP contribution in [0.1, 0.15) is 25.3 Å². The van der Waals surface area contributed by atoms with E-state index in [-0.39, 0.29) is 24.5 Å². The van der Waals surface area contributed by atoms with Gasteiger partial charge in [-0.1, -0.05) is 35.5 Å². The lowest BCUT2D eigenvalue weighted by atomic mass is 10.1. The largest absolute Gasteiger partial charge is 0.494 e. The predicted molar refractivity (Wildman–Crippen MR) is 130 cm³/mol. The third-order valence-corrected chi connectivity index (χ3v) is 5.89. The topological polar surface area (TPSA) is 108 Å². The van der Waals surface area contributed by atoms with Crippen LogP contribution < -0.4 is 4.74 Å². The first-order valence-corrected chi connectivity index (χ1v) is 12.0. The van der Waals surface area contributed by atoms with Gasteiger partial charge in [-0.3, -0.25) is 9.36 Å². The predicted octanol–water partition coefficient (Wildman–Crippen LogP) is 4.39. The second-order valence-corrected chi connectivity index (χ2v) is 8.37. The molecule has 2 aromatic carbocycles. The number of amides is 1. The fourth-order valence-electron chi connectivity index (χ4n) is 3.37. The highest BCUT2D eigenvalue weighted by Crippen LogP contribution is 2.29. The first kappa shape index (κ1) is 24.8. The monoisotopic (exact) mass is 474 g/mol.